The highest BCUT2D eigenvalue weighted by Crippen LogP contribution is 2.12. The van der Waals surface area contributed by atoms with Gasteiger partial charge < -0.3 is 25.6 Å². The Hall–Kier alpha value is -1.78. The van der Waals surface area contributed by atoms with Gasteiger partial charge in [-0.05, 0) is 45.4 Å². The van der Waals surface area contributed by atoms with Crippen LogP contribution in [0.25, 0.3) is 0 Å². The van der Waals surface area contributed by atoms with Gasteiger partial charge in [0, 0.05) is 13.0 Å². The Morgan fingerprint density at radius 2 is 2.12 bits per heavy atom. The second-order valence-corrected chi connectivity index (χ2v) is 5.89. The minimum Gasteiger partial charge on any atom is -0.480 e. The van der Waals surface area contributed by atoms with Crippen LogP contribution in [0.4, 0.5) is 4.79 Å². The van der Waals surface area contributed by atoms with Crippen LogP contribution < -0.4 is 11.1 Å². The van der Waals surface area contributed by atoms with E-state index in [0.29, 0.717) is 25.8 Å². The first kappa shape index (κ1) is 20.3. The number of ether oxygens (including phenoxy) is 2. The molecule has 0 aromatic rings. The van der Waals surface area contributed by atoms with Gasteiger partial charge in [0.2, 0.25) is 6.29 Å². The van der Waals surface area contributed by atoms with Crippen molar-refractivity contribution in [3.8, 4) is 11.8 Å². The summed E-state index contributed by atoms with van der Waals surface area (Å²) in [5, 5.41) is 11.3. The summed E-state index contributed by atoms with van der Waals surface area (Å²) in [6, 6.07) is -0.852. The number of unbranched alkanes of at least 4 members (excludes halogenated alkanes) is 1. The summed E-state index contributed by atoms with van der Waals surface area (Å²) in [7, 11) is 0. The topological polar surface area (TPSA) is 111 Å². The molecule has 1 aliphatic carbocycles. The van der Waals surface area contributed by atoms with Gasteiger partial charge in [0.05, 0.1) is 0 Å². The first-order chi connectivity index (χ1) is 11.5. The smallest absolute Gasteiger partial charge is 0.409 e. The highest BCUT2D eigenvalue weighted by atomic mass is 16.7. The van der Waals surface area contributed by atoms with E-state index in [-0.39, 0.29) is 6.10 Å². The van der Waals surface area contributed by atoms with Crippen molar-refractivity contribution >= 4 is 12.1 Å². The maximum Gasteiger partial charge on any atom is 0.409 e. The lowest BCUT2D eigenvalue weighted by Gasteiger charge is -2.19. The van der Waals surface area contributed by atoms with Crippen molar-refractivity contribution in [2.24, 2.45) is 5.73 Å². The molecular formula is C17H28N2O5. The monoisotopic (exact) mass is 340 g/mol. The van der Waals surface area contributed by atoms with Crippen molar-refractivity contribution < 1.29 is 24.2 Å². The lowest BCUT2D eigenvalue weighted by molar-refractivity contribution is -0.138. The third-order valence-corrected chi connectivity index (χ3v) is 3.69. The molecule has 3 atom stereocenters. The molecule has 0 spiro atoms. The largest absolute Gasteiger partial charge is 0.480 e. The molecule has 1 rings (SSSR count). The zero-order chi connectivity index (χ0) is 17.8. The molecule has 0 bridgehead atoms. The highest BCUT2D eigenvalue weighted by molar-refractivity contribution is 5.72. The van der Waals surface area contributed by atoms with Crippen LogP contribution in [0.5, 0.6) is 0 Å². The fourth-order valence-electron chi connectivity index (χ4n) is 2.33. The molecular weight excluding hydrogens is 312 g/mol. The fraction of sp³-hybridized carbons (Fsp3) is 0.765. The van der Waals surface area contributed by atoms with Crippen molar-refractivity contribution in [2.75, 3.05) is 6.54 Å². The Morgan fingerprint density at radius 1 is 1.33 bits per heavy atom. The number of rotatable bonds is 9. The molecule has 0 aromatic carbocycles. The number of hydrogen-bond donors (Lipinski definition) is 3. The van der Waals surface area contributed by atoms with Gasteiger partial charge in [0.25, 0.3) is 0 Å². The van der Waals surface area contributed by atoms with Gasteiger partial charge in [0.1, 0.15) is 12.1 Å². The van der Waals surface area contributed by atoms with E-state index in [4.69, 9.17) is 20.3 Å². The Morgan fingerprint density at radius 3 is 2.88 bits per heavy atom. The Bertz CT molecular complexity index is 458. The summed E-state index contributed by atoms with van der Waals surface area (Å²) in [5.74, 6) is 5.13. The summed E-state index contributed by atoms with van der Waals surface area (Å²) in [5.41, 5.74) is 5.40. The molecule has 0 aliphatic heterocycles. The van der Waals surface area contributed by atoms with Crippen molar-refractivity contribution in [3.63, 3.8) is 0 Å². The molecule has 7 nitrogen and oxygen atoms in total. The van der Waals surface area contributed by atoms with Crippen LogP contribution in [0.3, 0.4) is 0 Å². The molecule has 0 saturated carbocycles. The van der Waals surface area contributed by atoms with Gasteiger partial charge in [0.15, 0.2) is 0 Å². The second kappa shape index (κ2) is 11.7. The van der Waals surface area contributed by atoms with E-state index in [1.54, 1.807) is 6.92 Å². The first-order valence-corrected chi connectivity index (χ1v) is 8.55. The number of nitrogens with two attached hydrogens (primary N) is 1. The molecule has 1 amide bonds. The van der Waals surface area contributed by atoms with E-state index >= 15 is 0 Å². The normalized spacial score (nSPS) is 19.8. The molecule has 0 saturated heterocycles. The molecule has 0 aromatic heterocycles. The molecule has 3 unspecified atom stereocenters. The summed E-state index contributed by atoms with van der Waals surface area (Å²) < 4.78 is 10.8. The maximum atomic E-state index is 11.7. The van der Waals surface area contributed by atoms with E-state index in [1.165, 1.54) is 0 Å². The summed E-state index contributed by atoms with van der Waals surface area (Å²) in [6.45, 7) is 2.08. The Labute approximate surface area is 143 Å². The number of nitrogens with one attached hydrogen (secondary N) is 1. The van der Waals surface area contributed by atoms with Crippen molar-refractivity contribution in [2.45, 2.75) is 76.7 Å². The molecule has 0 heterocycles. The predicted octanol–water partition coefficient (Wildman–Crippen LogP) is 1.99. The zero-order valence-corrected chi connectivity index (χ0v) is 14.3. The molecule has 0 radical (unpaired) electrons. The van der Waals surface area contributed by atoms with Crippen LogP contribution >= 0.6 is 0 Å². The number of alkyl carbamates (subject to hydrolysis) is 1. The lowest BCUT2D eigenvalue weighted by atomic mass is 10.1. The quantitative estimate of drug-likeness (QED) is 0.336. The van der Waals surface area contributed by atoms with Crippen molar-refractivity contribution in [1.29, 1.82) is 0 Å². The first-order valence-electron chi connectivity index (χ1n) is 8.55. The third-order valence-electron chi connectivity index (χ3n) is 3.69. The molecule has 24 heavy (non-hydrogen) atoms. The minimum atomic E-state index is -1.01. The Kier molecular flexibility index (Phi) is 9.89. The predicted molar refractivity (Wildman–Crippen MR) is 89.1 cm³/mol. The van der Waals surface area contributed by atoms with E-state index in [2.05, 4.69) is 17.2 Å². The molecule has 7 heteroatoms. The van der Waals surface area contributed by atoms with Gasteiger partial charge in [-0.15, -0.1) is 5.92 Å². The van der Waals surface area contributed by atoms with Gasteiger partial charge >= 0.3 is 12.1 Å². The summed E-state index contributed by atoms with van der Waals surface area (Å²) in [4.78, 5) is 22.2. The molecule has 136 valence electrons. The highest BCUT2D eigenvalue weighted by Gasteiger charge is 2.15. The van der Waals surface area contributed by atoms with Gasteiger partial charge in [-0.2, -0.15) is 0 Å². The van der Waals surface area contributed by atoms with Crippen LogP contribution in [0, 0.1) is 11.8 Å². The van der Waals surface area contributed by atoms with Crippen LogP contribution in [0.2, 0.25) is 0 Å². The Balaban J connectivity index is 2.14. The number of carbonyl (C=O) groups excluding carboxylic acids is 1. The average molecular weight is 340 g/mol. The van der Waals surface area contributed by atoms with Crippen LogP contribution in [0.15, 0.2) is 0 Å². The summed E-state index contributed by atoms with van der Waals surface area (Å²) in [6.07, 6.45) is 5.33. The van der Waals surface area contributed by atoms with Gasteiger partial charge in [-0.1, -0.05) is 12.3 Å². The number of amides is 1. The van der Waals surface area contributed by atoms with E-state index in [9.17, 15) is 9.59 Å². The van der Waals surface area contributed by atoms with Crippen LogP contribution in [-0.4, -0.2) is 42.1 Å². The number of carbonyl (C=O) groups is 2. The van der Waals surface area contributed by atoms with Gasteiger partial charge in [-0.3, -0.25) is 4.79 Å². The lowest BCUT2D eigenvalue weighted by Crippen LogP contribution is -2.32. The van der Waals surface area contributed by atoms with E-state index in [1.807, 2.05) is 0 Å². The maximum absolute atomic E-state index is 11.7. The van der Waals surface area contributed by atoms with Crippen LogP contribution in [-0.2, 0) is 14.3 Å². The molecule has 4 N–H and O–H groups in total. The minimum absolute atomic E-state index is 0.189. The fourth-order valence-corrected chi connectivity index (χ4v) is 2.33. The SMILES string of the molecule is CC(OC(=O)NCCCCC(N)C(=O)O)OC1C#CCCCCC1. The van der Waals surface area contributed by atoms with Crippen molar-refractivity contribution in [1.82, 2.24) is 5.32 Å². The average Bonchev–Trinajstić information content (AvgIpc) is 2.49. The third kappa shape index (κ3) is 9.38. The van der Waals surface area contributed by atoms with E-state index < -0.39 is 24.4 Å². The van der Waals surface area contributed by atoms with Crippen LogP contribution in [0.1, 0.15) is 58.3 Å². The summed E-state index contributed by atoms with van der Waals surface area (Å²) >= 11 is 0. The molecule has 0 fully saturated rings. The van der Waals surface area contributed by atoms with Crippen molar-refractivity contribution in [3.05, 3.63) is 0 Å². The number of carboxylic acid groups (broad SMARTS) is 1. The van der Waals surface area contributed by atoms with Gasteiger partial charge in [-0.25, -0.2) is 4.79 Å². The number of hydrogen-bond acceptors (Lipinski definition) is 5. The standard InChI is InChI=1S/C17H28N2O5/c1-13(23-14-9-5-3-2-4-6-10-14)24-17(22)19-12-8-7-11-15(18)16(20)21/h13-15H,2-5,7-9,11-12,18H2,1H3,(H,19,22)(H,20,21). The number of aliphatic carboxylic acids is 1. The van der Waals surface area contributed by atoms with E-state index in [0.717, 1.165) is 32.1 Å². The number of carboxylic acids is 1. The second-order valence-electron chi connectivity index (χ2n) is 5.89. The molecule has 1 aliphatic rings. The zero-order valence-electron chi connectivity index (χ0n) is 14.3.